The number of carboxylic acids is 1. The molecule has 0 aliphatic rings. The highest BCUT2D eigenvalue weighted by molar-refractivity contribution is 5.70. The zero-order chi connectivity index (χ0) is 61.2. The summed E-state index contributed by atoms with van der Waals surface area (Å²) in [5.74, 6) is -2.35. The van der Waals surface area contributed by atoms with Gasteiger partial charge in [0.05, 0.1) is 40.3 Å². The van der Waals surface area contributed by atoms with Gasteiger partial charge in [-0.05, 0) is 135 Å². The van der Waals surface area contributed by atoms with Crippen LogP contribution < -0.4 is 5.11 Å². The highest BCUT2D eigenvalue weighted by Gasteiger charge is 2.22. The lowest BCUT2D eigenvalue weighted by Gasteiger charge is -2.26. The number of nitrogens with zero attached hydrogens (tertiary/aromatic N) is 1. The van der Waals surface area contributed by atoms with E-state index in [4.69, 9.17) is 18.9 Å². The Labute approximate surface area is 514 Å². The first-order chi connectivity index (χ1) is 41.1. The molecule has 0 amide bonds. The molecular weight excluding hydrogens is 1040 g/mol. The summed E-state index contributed by atoms with van der Waals surface area (Å²) in [6, 6.07) is 0. The number of aliphatic carboxylic acids is 1. The summed E-state index contributed by atoms with van der Waals surface area (Å²) in [6.45, 7) is 4.55. The molecule has 0 N–H and O–H groups in total. The van der Waals surface area contributed by atoms with Gasteiger partial charge in [0, 0.05) is 12.8 Å². The molecule has 0 aromatic carbocycles. The minimum atomic E-state index is -1.64. The lowest BCUT2D eigenvalue weighted by atomic mass is 10.1. The summed E-state index contributed by atoms with van der Waals surface area (Å²) < 4.78 is 22.7. The highest BCUT2D eigenvalue weighted by Crippen LogP contribution is 2.13. The molecule has 0 fully saturated rings. The standard InChI is InChI=1S/C75H119NO8/c1-6-8-10-12-14-16-18-20-22-24-26-27-28-29-30-31-32-33-34-35-36-37-38-39-40-41-42-43-44-45-46-47-48-50-52-54-56-58-60-62-64-66-73(78)84-71(70-83-75(74(79)80)81-68-67-76(3,4)5)69-82-72(77)65-63-61-59-57-55-53-51-49-25-23-21-19-17-15-13-11-9-7-2/h8,10,14,16-17,19-20,22-23,25-27,29-30,32-33,35-36,38-39,41-42,44-45,47-48,52,54,71,75H,6-7,9,11-13,15,18,21,24,28,31,34,37,40,43,46,49-51,53,55-70H2,1-5H3/b10-8-,16-14-,19-17-,22-20-,25-23-,27-26-,30-29-,33-32-,36-35-,39-38-,42-41-,45-44-,48-47-,54-52-. The summed E-state index contributed by atoms with van der Waals surface area (Å²) in [4.78, 5) is 37.4. The number of quaternary nitrogens is 1. The number of unbranched alkanes of at least 4 members (excludes halogenated alkanes) is 15. The zero-order valence-electron chi connectivity index (χ0n) is 53.7. The van der Waals surface area contributed by atoms with Crippen molar-refractivity contribution in [2.24, 2.45) is 0 Å². The van der Waals surface area contributed by atoms with Gasteiger partial charge in [-0.3, -0.25) is 9.59 Å². The molecule has 0 aromatic rings. The van der Waals surface area contributed by atoms with Crippen LogP contribution in [0.2, 0.25) is 0 Å². The molecule has 0 saturated heterocycles. The molecule has 2 unspecified atom stereocenters. The van der Waals surface area contributed by atoms with Crippen LogP contribution in [0.15, 0.2) is 170 Å². The van der Waals surface area contributed by atoms with E-state index < -0.39 is 24.3 Å². The molecule has 0 heterocycles. The van der Waals surface area contributed by atoms with Crippen LogP contribution in [0.1, 0.15) is 226 Å². The first-order valence-electron chi connectivity index (χ1n) is 32.8. The van der Waals surface area contributed by atoms with Crippen molar-refractivity contribution < 1.29 is 42.9 Å². The first kappa shape index (κ1) is 78.6. The molecular formula is C75H119NO8. The maximum absolute atomic E-state index is 12.9. The van der Waals surface area contributed by atoms with Crippen molar-refractivity contribution in [1.29, 1.82) is 0 Å². The van der Waals surface area contributed by atoms with Crippen molar-refractivity contribution in [3.05, 3.63) is 170 Å². The van der Waals surface area contributed by atoms with Crippen LogP contribution >= 0.6 is 0 Å². The minimum absolute atomic E-state index is 0.132. The van der Waals surface area contributed by atoms with E-state index in [2.05, 4.69) is 184 Å². The van der Waals surface area contributed by atoms with Gasteiger partial charge in [0.1, 0.15) is 13.2 Å². The van der Waals surface area contributed by atoms with Crippen molar-refractivity contribution in [1.82, 2.24) is 0 Å². The quantitative estimate of drug-likeness (QED) is 0.0195. The fraction of sp³-hybridized carbons (Fsp3) is 0.587. The Bertz CT molecular complexity index is 1980. The SMILES string of the molecule is CC/C=C\C/C=C\C/C=C\C/C=C\C/C=C\C/C=C\C/C=C\C/C=C\C/C=C\C/C=C\C/C=C\C/C=C\CCCCCCC(=O)OC(COC(=O)CCCCCCCCC/C=C\C/C=C\CCCCCC)COC(OCC[N+](C)(C)C)C(=O)[O-]. The van der Waals surface area contributed by atoms with E-state index in [1.165, 1.54) is 51.4 Å². The zero-order valence-corrected chi connectivity index (χ0v) is 53.7. The van der Waals surface area contributed by atoms with Crippen LogP contribution in [-0.4, -0.2) is 82.3 Å². The number of carboxylic acid groups (broad SMARTS) is 1. The second kappa shape index (κ2) is 63.7. The van der Waals surface area contributed by atoms with Gasteiger partial charge >= 0.3 is 11.9 Å². The maximum atomic E-state index is 12.9. The van der Waals surface area contributed by atoms with Crippen molar-refractivity contribution >= 4 is 17.9 Å². The molecule has 9 nitrogen and oxygen atoms in total. The third kappa shape index (κ3) is 64.2. The Morgan fingerprint density at radius 2 is 0.679 bits per heavy atom. The van der Waals surface area contributed by atoms with Crippen LogP contribution in [-0.2, 0) is 33.3 Å². The first-order valence-corrected chi connectivity index (χ1v) is 32.8. The number of likely N-dealkylation sites (N-methyl/N-ethyl adjacent to an activating group) is 1. The predicted octanol–water partition coefficient (Wildman–Crippen LogP) is 19.0. The summed E-state index contributed by atoms with van der Waals surface area (Å²) in [5.41, 5.74) is 0. The molecule has 0 radical (unpaired) electrons. The van der Waals surface area contributed by atoms with Gasteiger partial charge in [0.25, 0.3) is 0 Å². The Kier molecular flexibility index (Phi) is 59.6. The van der Waals surface area contributed by atoms with Gasteiger partial charge in [-0.2, -0.15) is 0 Å². The molecule has 472 valence electrons. The number of carbonyl (C=O) groups excluding carboxylic acids is 3. The number of esters is 2. The van der Waals surface area contributed by atoms with Gasteiger partial charge in [-0.25, -0.2) is 0 Å². The van der Waals surface area contributed by atoms with Gasteiger partial charge in [-0.1, -0.05) is 248 Å². The van der Waals surface area contributed by atoms with Crippen molar-refractivity contribution in [3.63, 3.8) is 0 Å². The second-order valence-corrected chi connectivity index (χ2v) is 22.3. The number of allylic oxidation sites excluding steroid dienone is 28. The van der Waals surface area contributed by atoms with E-state index in [0.717, 1.165) is 141 Å². The van der Waals surface area contributed by atoms with Gasteiger partial charge in [-0.15, -0.1) is 0 Å². The molecule has 0 aliphatic carbocycles. The second-order valence-electron chi connectivity index (χ2n) is 22.3. The van der Waals surface area contributed by atoms with Crippen molar-refractivity contribution in [2.45, 2.75) is 238 Å². The van der Waals surface area contributed by atoms with E-state index in [1.807, 2.05) is 21.1 Å². The maximum Gasteiger partial charge on any atom is 0.306 e. The van der Waals surface area contributed by atoms with E-state index in [-0.39, 0.29) is 38.6 Å². The fourth-order valence-corrected chi connectivity index (χ4v) is 8.19. The molecule has 2 atom stereocenters. The third-order valence-electron chi connectivity index (χ3n) is 13.2. The summed E-state index contributed by atoms with van der Waals surface area (Å²) in [7, 11) is 5.90. The van der Waals surface area contributed by atoms with Crippen LogP contribution in [0.4, 0.5) is 0 Å². The van der Waals surface area contributed by atoms with Crippen molar-refractivity contribution in [3.8, 4) is 0 Å². The number of carbonyl (C=O) groups is 3. The van der Waals surface area contributed by atoms with E-state index in [0.29, 0.717) is 17.4 Å². The number of hydrogen-bond acceptors (Lipinski definition) is 8. The molecule has 0 aliphatic heterocycles. The largest absolute Gasteiger partial charge is 0.545 e. The highest BCUT2D eigenvalue weighted by atomic mass is 16.7. The minimum Gasteiger partial charge on any atom is -0.545 e. The van der Waals surface area contributed by atoms with Crippen LogP contribution in [0.25, 0.3) is 0 Å². The normalized spacial score (nSPS) is 13.9. The Morgan fingerprint density at radius 1 is 0.369 bits per heavy atom. The smallest absolute Gasteiger partial charge is 0.306 e. The van der Waals surface area contributed by atoms with Crippen LogP contribution in [0.3, 0.4) is 0 Å². The third-order valence-corrected chi connectivity index (χ3v) is 13.2. The lowest BCUT2D eigenvalue weighted by molar-refractivity contribution is -0.870. The Balaban J connectivity index is 4.26. The van der Waals surface area contributed by atoms with Crippen molar-refractivity contribution in [2.75, 3.05) is 47.5 Å². The molecule has 0 rings (SSSR count). The average molecular weight is 1160 g/mol. The van der Waals surface area contributed by atoms with E-state index in [9.17, 15) is 19.5 Å². The van der Waals surface area contributed by atoms with Gasteiger partial charge in [0.2, 0.25) is 0 Å². The van der Waals surface area contributed by atoms with E-state index >= 15 is 0 Å². The van der Waals surface area contributed by atoms with E-state index in [1.54, 1.807) is 0 Å². The number of hydrogen-bond donors (Lipinski definition) is 0. The molecule has 0 saturated carbocycles. The number of ether oxygens (including phenoxy) is 4. The summed E-state index contributed by atoms with van der Waals surface area (Å²) in [5, 5.41) is 11.8. The molecule has 84 heavy (non-hydrogen) atoms. The summed E-state index contributed by atoms with van der Waals surface area (Å²) in [6.07, 6.45) is 92.7. The van der Waals surface area contributed by atoms with Gasteiger partial charge in [0.15, 0.2) is 12.4 Å². The molecule has 0 bridgehead atoms. The average Bonchev–Trinajstić information content (AvgIpc) is 3.52. The monoisotopic (exact) mass is 1160 g/mol. The van der Waals surface area contributed by atoms with Crippen LogP contribution in [0.5, 0.6) is 0 Å². The van der Waals surface area contributed by atoms with Gasteiger partial charge < -0.3 is 33.3 Å². The molecule has 0 aromatic heterocycles. The molecule has 0 spiro atoms. The number of rotatable bonds is 58. The molecule has 9 heteroatoms. The fourth-order valence-electron chi connectivity index (χ4n) is 8.19. The lowest BCUT2D eigenvalue weighted by Crippen LogP contribution is -2.44. The topological polar surface area (TPSA) is 111 Å². The predicted molar refractivity (Wildman–Crippen MR) is 356 cm³/mol. The summed E-state index contributed by atoms with van der Waals surface area (Å²) >= 11 is 0. The Hall–Kier alpha value is -5.35. The van der Waals surface area contributed by atoms with Crippen LogP contribution in [0, 0.1) is 0 Å². The Morgan fingerprint density at radius 3 is 1.01 bits per heavy atom.